The lowest BCUT2D eigenvalue weighted by Crippen LogP contribution is -2.18. The Morgan fingerprint density at radius 2 is 1.57 bits per heavy atom. The van der Waals surface area contributed by atoms with Gasteiger partial charge in [-0.3, -0.25) is 0 Å². The van der Waals surface area contributed by atoms with Gasteiger partial charge in [0.2, 0.25) is 5.88 Å². The van der Waals surface area contributed by atoms with E-state index in [0.717, 1.165) is 12.1 Å². The fourth-order valence-corrected chi connectivity index (χ4v) is 2.49. The zero-order chi connectivity index (χ0) is 22.9. The summed E-state index contributed by atoms with van der Waals surface area (Å²) in [7, 11) is 0. The number of benzene rings is 1. The van der Waals surface area contributed by atoms with E-state index < -0.39 is 40.9 Å². The standard InChI is InChI=1S/C20H19F6NO3/c1-18(2,3)8-9-30-16-15(17(28)29)13(20(24,25)26)10-14(27-16)11-4-6-12(7-5-11)19(21,22)23/h4-7,10H,8-9H2,1-3H3,(H,28,29). The second-order valence-corrected chi connectivity index (χ2v) is 7.77. The molecule has 0 amide bonds. The third-order valence-corrected chi connectivity index (χ3v) is 4.10. The molecule has 0 unspecified atom stereocenters. The lowest BCUT2D eigenvalue weighted by molar-refractivity contribution is -0.138. The van der Waals surface area contributed by atoms with Gasteiger partial charge in [0, 0.05) is 5.56 Å². The molecule has 1 N–H and O–H groups in total. The molecule has 0 spiro atoms. The van der Waals surface area contributed by atoms with Crippen LogP contribution < -0.4 is 4.74 Å². The summed E-state index contributed by atoms with van der Waals surface area (Å²) < 4.78 is 84.0. The summed E-state index contributed by atoms with van der Waals surface area (Å²) in [6.45, 7) is 5.50. The highest BCUT2D eigenvalue weighted by Gasteiger charge is 2.39. The van der Waals surface area contributed by atoms with Gasteiger partial charge in [-0.25, -0.2) is 9.78 Å². The summed E-state index contributed by atoms with van der Waals surface area (Å²) in [6.07, 6.45) is -9.25. The lowest BCUT2D eigenvalue weighted by Gasteiger charge is -2.20. The van der Waals surface area contributed by atoms with Crippen LogP contribution in [0.25, 0.3) is 11.3 Å². The van der Waals surface area contributed by atoms with Gasteiger partial charge >= 0.3 is 18.3 Å². The van der Waals surface area contributed by atoms with Crippen LogP contribution in [0.15, 0.2) is 30.3 Å². The van der Waals surface area contributed by atoms with E-state index in [1.807, 2.05) is 20.8 Å². The average molecular weight is 435 g/mol. The Morgan fingerprint density at radius 3 is 2.00 bits per heavy atom. The number of aromatic carboxylic acids is 1. The fourth-order valence-electron chi connectivity index (χ4n) is 2.49. The Morgan fingerprint density at radius 1 is 1.00 bits per heavy atom. The van der Waals surface area contributed by atoms with Gasteiger partial charge in [-0.1, -0.05) is 32.9 Å². The first-order valence-electron chi connectivity index (χ1n) is 8.75. The van der Waals surface area contributed by atoms with Crippen molar-refractivity contribution in [3.05, 3.63) is 47.0 Å². The molecule has 0 fully saturated rings. The normalized spacial score (nSPS) is 12.7. The van der Waals surface area contributed by atoms with Crippen molar-refractivity contribution in [2.45, 2.75) is 39.5 Å². The van der Waals surface area contributed by atoms with Gasteiger partial charge in [-0.05, 0) is 30.0 Å². The molecule has 1 heterocycles. The molecule has 0 saturated heterocycles. The molecule has 10 heteroatoms. The minimum absolute atomic E-state index is 0.0499. The van der Waals surface area contributed by atoms with Crippen LogP contribution in [0.1, 0.15) is 48.7 Å². The molecule has 0 atom stereocenters. The topological polar surface area (TPSA) is 59.4 Å². The molecule has 0 aliphatic carbocycles. The fraction of sp³-hybridized carbons (Fsp3) is 0.400. The number of nitrogens with zero attached hydrogens (tertiary/aromatic N) is 1. The number of carbonyl (C=O) groups is 1. The molecule has 2 rings (SSSR count). The Labute approximate surface area is 168 Å². The predicted octanol–water partition coefficient (Wildman–Crippen LogP) is 6.30. The Bertz CT molecular complexity index is 912. The molecule has 0 aliphatic heterocycles. The van der Waals surface area contributed by atoms with Gasteiger partial charge in [0.1, 0.15) is 5.56 Å². The monoisotopic (exact) mass is 435 g/mol. The van der Waals surface area contributed by atoms with Crippen molar-refractivity contribution in [3.63, 3.8) is 0 Å². The summed E-state index contributed by atoms with van der Waals surface area (Å²) in [6, 6.07) is 3.82. The van der Waals surface area contributed by atoms with Gasteiger partial charge < -0.3 is 9.84 Å². The SMILES string of the molecule is CC(C)(C)CCOc1nc(-c2ccc(C(F)(F)F)cc2)cc(C(F)(F)F)c1C(=O)O. The highest BCUT2D eigenvalue weighted by Crippen LogP contribution is 2.39. The summed E-state index contributed by atoms with van der Waals surface area (Å²) >= 11 is 0. The van der Waals surface area contributed by atoms with Crippen LogP contribution in [0.4, 0.5) is 26.3 Å². The summed E-state index contributed by atoms with van der Waals surface area (Å²) in [4.78, 5) is 15.4. The van der Waals surface area contributed by atoms with E-state index in [1.54, 1.807) is 0 Å². The van der Waals surface area contributed by atoms with Crippen molar-refractivity contribution >= 4 is 5.97 Å². The van der Waals surface area contributed by atoms with Crippen LogP contribution in [-0.2, 0) is 12.4 Å². The summed E-state index contributed by atoms with van der Waals surface area (Å²) in [5.74, 6) is -2.61. The van der Waals surface area contributed by atoms with Gasteiger partial charge in [0.15, 0.2) is 0 Å². The highest BCUT2D eigenvalue weighted by atomic mass is 19.4. The number of ether oxygens (including phenoxy) is 1. The van der Waals surface area contributed by atoms with Gasteiger partial charge in [-0.2, -0.15) is 26.3 Å². The van der Waals surface area contributed by atoms with Crippen molar-refractivity contribution < 1.29 is 41.0 Å². The Hall–Kier alpha value is -2.78. The molecule has 4 nitrogen and oxygen atoms in total. The van der Waals surface area contributed by atoms with Crippen molar-refractivity contribution in [2.24, 2.45) is 5.41 Å². The molecule has 0 saturated carbocycles. The number of hydrogen-bond donors (Lipinski definition) is 1. The van der Waals surface area contributed by atoms with E-state index in [2.05, 4.69) is 4.98 Å². The number of carboxylic acid groups (broad SMARTS) is 1. The summed E-state index contributed by atoms with van der Waals surface area (Å²) in [5.41, 5.74) is -4.26. The van der Waals surface area contributed by atoms with Crippen molar-refractivity contribution in [1.82, 2.24) is 4.98 Å². The molecule has 0 bridgehead atoms. The third kappa shape index (κ3) is 5.87. The zero-order valence-electron chi connectivity index (χ0n) is 16.3. The molecule has 164 valence electrons. The highest BCUT2D eigenvalue weighted by molar-refractivity contribution is 5.93. The molecule has 2 aromatic rings. The molecule has 1 aromatic heterocycles. The molecule has 1 aromatic carbocycles. The van der Waals surface area contributed by atoms with Crippen LogP contribution in [0, 0.1) is 5.41 Å². The predicted molar refractivity (Wildman–Crippen MR) is 96.2 cm³/mol. The van der Waals surface area contributed by atoms with E-state index >= 15 is 0 Å². The maximum atomic E-state index is 13.5. The largest absolute Gasteiger partial charge is 0.477 e. The average Bonchev–Trinajstić information content (AvgIpc) is 2.58. The molecular formula is C20H19F6NO3. The van der Waals surface area contributed by atoms with Crippen LogP contribution >= 0.6 is 0 Å². The minimum Gasteiger partial charge on any atom is -0.477 e. The van der Waals surface area contributed by atoms with Crippen molar-refractivity contribution in [2.75, 3.05) is 6.61 Å². The smallest absolute Gasteiger partial charge is 0.417 e. The molecule has 0 aliphatic rings. The second kappa shape index (κ2) is 8.16. The Balaban J connectivity index is 2.58. The quantitative estimate of drug-likeness (QED) is 0.560. The number of pyridine rings is 1. The number of halogens is 6. The first kappa shape index (κ1) is 23.5. The van der Waals surface area contributed by atoms with Crippen LogP contribution in [0.2, 0.25) is 0 Å². The van der Waals surface area contributed by atoms with Gasteiger partial charge in [0.25, 0.3) is 0 Å². The second-order valence-electron chi connectivity index (χ2n) is 7.77. The molecular weight excluding hydrogens is 416 g/mol. The van der Waals surface area contributed by atoms with Crippen LogP contribution in [0.5, 0.6) is 5.88 Å². The van der Waals surface area contributed by atoms with E-state index in [1.165, 1.54) is 0 Å². The number of aromatic nitrogens is 1. The minimum atomic E-state index is -5.04. The lowest BCUT2D eigenvalue weighted by atomic mass is 9.93. The maximum Gasteiger partial charge on any atom is 0.417 e. The van der Waals surface area contributed by atoms with E-state index in [4.69, 9.17) is 4.74 Å². The van der Waals surface area contributed by atoms with E-state index in [0.29, 0.717) is 24.6 Å². The number of carboxylic acids is 1. The van der Waals surface area contributed by atoms with Crippen molar-refractivity contribution in [3.8, 4) is 17.1 Å². The van der Waals surface area contributed by atoms with Crippen molar-refractivity contribution in [1.29, 1.82) is 0 Å². The third-order valence-electron chi connectivity index (χ3n) is 4.10. The Kier molecular flexibility index (Phi) is 6.39. The summed E-state index contributed by atoms with van der Waals surface area (Å²) in [5, 5.41) is 9.31. The number of rotatable bonds is 5. The molecule has 0 radical (unpaired) electrons. The molecule has 30 heavy (non-hydrogen) atoms. The van der Waals surface area contributed by atoms with E-state index in [-0.39, 0.29) is 23.3 Å². The number of alkyl halides is 6. The zero-order valence-corrected chi connectivity index (χ0v) is 16.3. The van der Waals surface area contributed by atoms with Gasteiger partial charge in [0.05, 0.1) is 23.4 Å². The maximum absolute atomic E-state index is 13.5. The number of hydrogen-bond acceptors (Lipinski definition) is 3. The first-order valence-corrected chi connectivity index (χ1v) is 8.75. The van der Waals surface area contributed by atoms with Crippen LogP contribution in [0.3, 0.4) is 0 Å². The van der Waals surface area contributed by atoms with Gasteiger partial charge in [-0.15, -0.1) is 0 Å². The van der Waals surface area contributed by atoms with Crippen LogP contribution in [-0.4, -0.2) is 22.7 Å². The first-order chi connectivity index (χ1) is 13.6. The van der Waals surface area contributed by atoms with E-state index in [9.17, 15) is 36.2 Å².